The second-order valence-corrected chi connectivity index (χ2v) is 10.7. The summed E-state index contributed by atoms with van der Waals surface area (Å²) in [6, 6.07) is 16.5. The minimum atomic E-state index is 0.0153. The Morgan fingerprint density at radius 2 is 1.65 bits per heavy atom. The molecule has 1 aliphatic carbocycles. The number of hydrogen-bond donors (Lipinski definition) is 2. The van der Waals surface area contributed by atoms with E-state index in [1.807, 2.05) is 49.3 Å². The molecule has 6 nitrogen and oxygen atoms in total. The molecule has 1 amide bonds. The van der Waals surface area contributed by atoms with Crippen LogP contribution in [0, 0.1) is 5.92 Å². The van der Waals surface area contributed by atoms with Crippen LogP contribution in [-0.4, -0.2) is 42.6 Å². The maximum absolute atomic E-state index is 12.6. The SMILES string of the molecule is CN(C)c1nc(N[C@H]2CC[C@@H](CNC(=O)c3ccc(C(C)(C)C)cc3)CC2)nc2ccccc12. The summed E-state index contributed by atoms with van der Waals surface area (Å²) in [7, 11) is 4.02. The van der Waals surface area contributed by atoms with Gasteiger partial charge in [0.25, 0.3) is 5.91 Å². The molecule has 4 rings (SSSR count). The van der Waals surface area contributed by atoms with Crippen LogP contribution in [0.1, 0.15) is 62.4 Å². The minimum Gasteiger partial charge on any atom is -0.362 e. The molecule has 180 valence electrons. The molecule has 1 aromatic heterocycles. The fourth-order valence-corrected chi connectivity index (χ4v) is 4.62. The fourth-order valence-electron chi connectivity index (χ4n) is 4.62. The number of carbonyl (C=O) groups is 1. The second-order valence-electron chi connectivity index (χ2n) is 10.7. The van der Waals surface area contributed by atoms with Crippen LogP contribution < -0.4 is 15.5 Å². The zero-order valence-corrected chi connectivity index (χ0v) is 21.1. The molecule has 2 aromatic carbocycles. The van der Waals surface area contributed by atoms with E-state index < -0.39 is 0 Å². The summed E-state index contributed by atoms with van der Waals surface area (Å²) in [5, 5.41) is 7.76. The van der Waals surface area contributed by atoms with Gasteiger partial charge in [-0.1, -0.05) is 45.0 Å². The first-order valence-corrected chi connectivity index (χ1v) is 12.3. The van der Waals surface area contributed by atoms with Gasteiger partial charge in [-0.05, 0) is 66.8 Å². The Morgan fingerprint density at radius 1 is 0.971 bits per heavy atom. The van der Waals surface area contributed by atoms with Crippen LogP contribution in [0.15, 0.2) is 48.5 Å². The Labute approximate surface area is 203 Å². The van der Waals surface area contributed by atoms with E-state index in [9.17, 15) is 4.79 Å². The number of anilines is 2. The van der Waals surface area contributed by atoms with Crippen molar-refractivity contribution in [3.8, 4) is 0 Å². The lowest BCUT2D eigenvalue weighted by molar-refractivity contribution is 0.0943. The molecule has 6 heteroatoms. The Kier molecular flexibility index (Phi) is 7.05. The highest BCUT2D eigenvalue weighted by molar-refractivity contribution is 5.94. The van der Waals surface area contributed by atoms with Crippen molar-refractivity contribution >= 4 is 28.6 Å². The number of para-hydroxylation sites is 1. The van der Waals surface area contributed by atoms with Gasteiger partial charge >= 0.3 is 0 Å². The van der Waals surface area contributed by atoms with Gasteiger partial charge in [-0.3, -0.25) is 4.79 Å². The molecule has 0 saturated heterocycles. The van der Waals surface area contributed by atoms with Gasteiger partial charge in [-0.15, -0.1) is 0 Å². The van der Waals surface area contributed by atoms with Gasteiger partial charge in [0.15, 0.2) is 0 Å². The molecule has 0 unspecified atom stereocenters. The Balaban J connectivity index is 1.29. The standard InChI is InChI=1S/C28H37N5O/c1-28(2,3)21-14-12-20(13-15-21)26(34)29-18-19-10-16-22(17-11-19)30-27-31-24-9-7-6-8-23(24)25(32-27)33(4)5/h6-9,12-15,19,22H,10-11,16-18H2,1-5H3,(H,29,34)(H,30,31,32)/t19-,22+. The fraction of sp³-hybridized carbons (Fsp3) is 0.464. The first-order chi connectivity index (χ1) is 16.2. The van der Waals surface area contributed by atoms with Crippen LogP contribution >= 0.6 is 0 Å². The molecule has 2 N–H and O–H groups in total. The smallest absolute Gasteiger partial charge is 0.251 e. The molecule has 1 saturated carbocycles. The van der Waals surface area contributed by atoms with Crippen molar-refractivity contribution in [1.82, 2.24) is 15.3 Å². The minimum absolute atomic E-state index is 0.0153. The normalized spacial score (nSPS) is 18.5. The number of benzene rings is 2. The summed E-state index contributed by atoms with van der Waals surface area (Å²) < 4.78 is 0. The number of rotatable bonds is 6. The topological polar surface area (TPSA) is 70.2 Å². The van der Waals surface area contributed by atoms with Crippen LogP contribution in [0.3, 0.4) is 0 Å². The van der Waals surface area contributed by atoms with E-state index in [0.29, 0.717) is 17.9 Å². The summed E-state index contributed by atoms with van der Waals surface area (Å²) in [4.78, 5) is 24.2. The van der Waals surface area contributed by atoms with E-state index in [2.05, 4.69) is 49.6 Å². The first kappa shape index (κ1) is 24.0. The van der Waals surface area contributed by atoms with Crippen molar-refractivity contribution in [1.29, 1.82) is 0 Å². The first-order valence-electron chi connectivity index (χ1n) is 12.3. The highest BCUT2D eigenvalue weighted by Gasteiger charge is 2.23. The third-order valence-corrected chi connectivity index (χ3v) is 6.75. The van der Waals surface area contributed by atoms with Crippen molar-refractivity contribution < 1.29 is 4.79 Å². The number of aromatic nitrogens is 2. The van der Waals surface area contributed by atoms with Crippen LogP contribution in [0.5, 0.6) is 0 Å². The number of carbonyl (C=O) groups excluding carboxylic acids is 1. The molecule has 1 fully saturated rings. The van der Waals surface area contributed by atoms with Crippen molar-refractivity contribution in [2.24, 2.45) is 5.92 Å². The van der Waals surface area contributed by atoms with Crippen LogP contribution in [0.2, 0.25) is 0 Å². The quantitative estimate of drug-likeness (QED) is 0.517. The maximum Gasteiger partial charge on any atom is 0.251 e. The molecular weight excluding hydrogens is 422 g/mol. The average Bonchev–Trinajstić information content (AvgIpc) is 2.82. The highest BCUT2D eigenvalue weighted by atomic mass is 16.1. The number of fused-ring (bicyclic) bond motifs is 1. The van der Waals surface area contributed by atoms with Crippen molar-refractivity contribution in [3.63, 3.8) is 0 Å². The summed E-state index contributed by atoms with van der Waals surface area (Å²) in [6.07, 6.45) is 4.26. The predicted octanol–water partition coefficient (Wildman–Crippen LogP) is 5.39. The maximum atomic E-state index is 12.6. The van der Waals surface area contributed by atoms with Crippen molar-refractivity contribution in [2.75, 3.05) is 30.9 Å². The van der Waals surface area contributed by atoms with Gasteiger partial charge in [0.2, 0.25) is 5.95 Å². The molecule has 1 aliphatic rings. The van der Waals surface area contributed by atoms with Crippen molar-refractivity contribution in [3.05, 3.63) is 59.7 Å². The Bertz CT molecular complexity index is 1130. The molecule has 0 bridgehead atoms. The van der Waals surface area contributed by atoms with Gasteiger partial charge < -0.3 is 15.5 Å². The number of nitrogens with zero attached hydrogens (tertiary/aromatic N) is 3. The summed E-state index contributed by atoms with van der Waals surface area (Å²) in [6.45, 7) is 7.27. The number of hydrogen-bond acceptors (Lipinski definition) is 5. The Hall–Kier alpha value is -3.15. The highest BCUT2D eigenvalue weighted by Crippen LogP contribution is 2.28. The summed E-state index contributed by atoms with van der Waals surface area (Å²) >= 11 is 0. The van der Waals surface area contributed by atoms with Crippen LogP contribution in [-0.2, 0) is 5.41 Å². The van der Waals surface area contributed by atoms with E-state index >= 15 is 0 Å². The van der Waals surface area contributed by atoms with Gasteiger partial charge in [-0.25, -0.2) is 4.98 Å². The lowest BCUT2D eigenvalue weighted by Gasteiger charge is -2.29. The summed E-state index contributed by atoms with van der Waals surface area (Å²) in [5.41, 5.74) is 3.01. The van der Waals surface area contributed by atoms with E-state index in [-0.39, 0.29) is 11.3 Å². The zero-order valence-electron chi connectivity index (χ0n) is 21.1. The van der Waals surface area contributed by atoms with E-state index in [0.717, 1.165) is 54.5 Å². The third-order valence-electron chi connectivity index (χ3n) is 6.75. The molecule has 3 aromatic rings. The van der Waals surface area contributed by atoms with Gasteiger partial charge in [-0.2, -0.15) is 4.98 Å². The summed E-state index contributed by atoms with van der Waals surface area (Å²) in [5.74, 6) is 2.14. The predicted molar refractivity (Wildman–Crippen MR) is 141 cm³/mol. The molecule has 0 aliphatic heterocycles. The van der Waals surface area contributed by atoms with Gasteiger partial charge in [0.1, 0.15) is 5.82 Å². The number of nitrogens with one attached hydrogen (secondary N) is 2. The van der Waals surface area contributed by atoms with Crippen LogP contribution in [0.4, 0.5) is 11.8 Å². The molecule has 0 spiro atoms. The molecule has 34 heavy (non-hydrogen) atoms. The second kappa shape index (κ2) is 10.00. The van der Waals surface area contributed by atoms with Crippen LogP contribution in [0.25, 0.3) is 10.9 Å². The van der Waals surface area contributed by atoms with E-state index in [4.69, 9.17) is 9.97 Å². The van der Waals surface area contributed by atoms with Gasteiger partial charge in [0, 0.05) is 37.6 Å². The third kappa shape index (κ3) is 5.66. The number of amides is 1. The average molecular weight is 460 g/mol. The Morgan fingerprint density at radius 3 is 2.29 bits per heavy atom. The largest absolute Gasteiger partial charge is 0.362 e. The van der Waals surface area contributed by atoms with E-state index in [1.54, 1.807) is 0 Å². The zero-order chi connectivity index (χ0) is 24.3. The van der Waals surface area contributed by atoms with Crippen molar-refractivity contribution in [2.45, 2.75) is 57.9 Å². The van der Waals surface area contributed by atoms with Gasteiger partial charge in [0.05, 0.1) is 5.52 Å². The van der Waals surface area contributed by atoms with E-state index in [1.165, 1.54) is 5.56 Å². The lowest BCUT2D eigenvalue weighted by Crippen LogP contribution is -2.34. The monoisotopic (exact) mass is 459 g/mol. The molecule has 0 radical (unpaired) electrons. The lowest BCUT2D eigenvalue weighted by atomic mass is 9.86. The molecule has 0 atom stereocenters. The molecule has 1 heterocycles. The molecular formula is C28H37N5O.